The minimum absolute atomic E-state index is 0.380. The van der Waals surface area contributed by atoms with E-state index in [1.165, 1.54) is 0 Å². The van der Waals surface area contributed by atoms with E-state index in [2.05, 4.69) is 5.32 Å². The summed E-state index contributed by atoms with van der Waals surface area (Å²) >= 11 is 0. The van der Waals surface area contributed by atoms with Gasteiger partial charge in [0.1, 0.15) is 0 Å². The topological polar surface area (TPSA) is 93.5 Å². The SMILES string of the molecule is NCCNCC(O)OCCN. The van der Waals surface area contributed by atoms with Gasteiger partial charge < -0.3 is 26.6 Å². The highest BCUT2D eigenvalue weighted by Gasteiger charge is 2.00. The van der Waals surface area contributed by atoms with E-state index < -0.39 is 6.29 Å². The lowest BCUT2D eigenvalue weighted by atomic mass is 10.5. The summed E-state index contributed by atoms with van der Waals surface area (Å²) in [7, 11) is 0. The highest BCUT2D eigenvalue weighted by Crippen LogP contribution is 1.81. The van der Waals surface area contributed by atoms with E-state index in [0.717, 1.165) is 0 Å². The Morgan fingerprint density at radius 3 is 2.64 bits per heavy atom. The van der Waals surface area contributed by atoms with Gasteiger partial charge in [-0.2, -0.15) is 0 Å². The molecular formula is C6H17N3O2. The van der Waals surface area contributed by atoms with Crippen LogP contribution < -0.4 is 16.8 Å². The van der Waals surface area contributed by atoms with E-state index >= 15 is 0 Å². The van der Waals surface area contributed by atoms with Crippen LogP contribution in [0, 0.1) is 0 Å². The van der Waals surface area contributed by atoms with Gasteiger partial charge >= 0.3 is 0 Å². The van der Waals surface area contributed by atoms with Gasteiger partial charge in [0, 0.05) is 26.2 Å². The van der Waals surface area contributed by atoms with Gasteiger partial charge in [-0.05, 0) is 0 Å². The smallest absolute Gasteiger partial charge is 0.167 e. The predicted molar refractivity (Wildman–Crippen MR) is 42.9 cm³/mol. The molecule has 1 atom stereocenters. The quantitative estimate of drug-likeness (QED) is 0.253. The van der Waals surface area contributed by atoms with Crippen molar-refractivity contribution in [1.29, 1.82) is 0 Å². The minimum atomic E-state index is -0.773. The lowest BCUT2D eigenvalue weighted by Gasteiger charge is -2.11. The highest BCUT2D eigenvalue weighted by atomic mass is 16.6. The molecule has 11 heavy (non-hydrogen) atoms. The Bertz CT molecular complexity index is 82.2. The molecule has 0 saturated heterocycles. The van der Waals surface area contributed by atoms with Crippen molar-refractivity contribution in [2.75, 3.05) is 32.8 Å². The summed E-state index contributed by atoms with van der Waals surface area (Å²) in [5, 5.41) is 11.9. The first-order valence-corrected chi connectivity index (χ1v) is 3.71. The van der Waals surface area contributed by atoms with Crippen LogP contribution in [0.3, 0.4) is 0 Å². The monoisotopic (exact) mass is 163 g/mol. The Morgan fingerprint density at radius 2 is 2.09 bits per heavy atom. The van der Waals surface area contributed by atoms with Crippen LogP contribution in [0.25, 0.3) is 0 Å². The van der Waals surface area contributed by atoms with Gasteiger partial charge in [-0.1, -0.05) is 0 Å². The first-order chi connectivity index (χ1) is 5.31. The molecule has 5 nitrogen and oxygen atoms in total. The van der Waals surface area contributed by atoms with Crippen LogP contribution in [0.15, 0.2) is 0 Å². The summed E-state index contributed by atoms with van der Waals surface area (Å²) in [5.74, 6) is 0. The molecule has 0 aromatic heterocycles. The van der Waals surface area contributed by atoms with E-state index in [4.69, 9.17) is 21.3 Å². The molecule has 0 radical (unpaired) electrons. The Kier molecular flexibility index (Phi) is 7.76. The second-order valence-corrected chi connectivity index (χ2v) is 2.11. The minimum Gasteiger partial charge on any atom is -0.367 e. The van der Waals surface area contributed by atoms with Crippen LogP contribution in [0.4, 0.5) is 0 Å². The van der Waals surface area contributed by atoms with Crippen LogP contribution in [-0.2, 0) is 4.74 Å². The maximum absolute atomic E-state index is 9.03. The molecule has 0 aromatic rings. The number of nitrogens with one attached hydrogen (secondary N) is 1. The fourth-order valence-corrected chi connectivity index (χ4v) is 0.591. The molecule has 5 heteroatoms. The zero-order valence-electron chi connectivity index (χ0n) is 6.62. The van der Waals surface area contributed by atoms with Crippen molar-refractivity contribution >= 4 is 0 Å². The first-order valence-electron chi connectivity index (χ1n) is 3.71. The zero-order chi connectivity index (χ0) is 8.53. The average molecular weight is 163 g/mol. The Balaban J connectivity index is 3.02. The van der Waals surface area contributed by atoms with Crippen LogP contribution in [0.5, 0.6) is 0 Å². The molecule has 0 bridgehead atoms. The summed E-state index contributed by atoms with van der Waals surface area (Å²) in [5.41, 5.74) is 10.4. The number of nitrogens with two attached hydrogens (primary N) is 2. The third-order valence-corrected chi connectivity index (χ3v) is 1.07. The van der Waals surface area contributed by atoms with Crippen molar-refractivity contribution < 1.29 is 9.84 Å². The molecule has 0 heterocycles. The summed E-state index contributed by atoms with van der Waals surface area (Å²) in [4.78, 5) is 0. The fourth-order valence-electron chi connectivity index (χ4n) is 0.591. The molecule has 6 N–H and O–H groups in total. The third kappa shape index (κ3) is 7.70. The van der Waals surface area contributed by atoms with Crippen LogP contribution in [0.1, 0.15) is 0 Å². The number of rotatable bonds is 7. The summed E-state index contributed by atoms with van der Waals surface area (Å²) in [6.07, 6.45) is -0.773. The second-order valence-electron chi connectivity index (χ2n) is 2.11. The van der Waals surface area contributed by atoms with Crippen molar-refractivity contribution in [2.24, 2.45) is 11.5 Å². The molecule has 0 aromatic carbocycles. The predicted octanol–water partition coefficient (Wildman–Crippen LogP) is -2.17. The molecule has 0 aliphatic carbocycles. The summed E-state index contributed by atoms with van der Waals surface area (Å²) in [6.45, 7) is 2.45. The number of aliphatic hydroxyl groups is 1. The van der Waals surface area contributed by atoms with Crippen molar-refractivity contribution in [1.82, 2.24) is 5.32 Å². The summed E-state index contributed by atoms with van der Waals surface area (Å²) in [6, 6.07) is 0. The molecule has 0 saturated carbocycles. The van der Waals surface area contributed by atoms with Gasteiger partial charge in [0.15, 0.2) is 6.29 Å². The third-order valence-electron chi connectivity index (χ3n) is 1.07. The number of hydrogen-bond donors (Lipinski definition) is 4. The van der Waals surface area contributed by atoms with E-state index in [1.54, 1.807) is 0 Å². The van der Waals surface area contributed by atoms with E-state index in [1.807, 2.05) is 0 Å². The van der Waals surface area contributed by atoms with Gasteiger partial charge in [-0.3, -0.25) is 0 Å². The van der Waals surface area contributed by atoms with Crippen LogP contribution in [-0.4, -0.2) is 44.2 Å². The number of hydrogen-bond acceptors (Lipinski definition) is 5. The Hall–Kier alpha value is -0.200. The normalized spacial score (nSPS) is 13.4. The maximum atomic E-state index is 9.03. The Labute approximate surface area is 66.7 Å². The molecule has 0 rings (SSSR count). The lowest BCUT2D eigenvalue weighted by molar-refractivity contribution is -0.0929. The largest absolute Gasteiger partial charge is 0.367 e. The maximum Gasteiger partial charge on any atom is 0.167 e. The van der Waals surface area contributed by atoms with Crippen LogP contribution in [0.2, 0.25) is 0 Å². The molecule has 0 amide bonds. The average Bonchev–Trinajstić information content (AvgIpc) is 2.01. The first kappa shape index (κ1) is 10.8. The van der Waals surface area contributed by atoms with Gasteiger partial charge in [0.05, 0.1) is 6.61 Å². The van der Waals surface area contributed by atoms with Crippen molar-refractivity contribution in [3.8, 4) is 0 Å². The molecule has 68 valence electrons. The molecule has 0 aliphatic heterocycles. The van der Waals surface area contributed by atoms with E-state index in [-0.39, 0.29) is 0 Å². The lowest BCUT2D eigenvalue weighted by Crippen LogP contribution is -2.33. The highest BCUT2D eigenvalue weighted by molar-refractivity contribution is 4.49. The number of ether oxygens (including phenoxy) is 1. The number of aliphatic hydroxyl groups excluding tert-OH is 1. The van der Waals surface area contributed by atoms with Crippen molar-refractivity contribution in [3.05, 3.63) is 0 Å². The van der Waals surface area contributed by atoms with E-state index in [0.29, 0.717) is 32.8 Å². The van der Waals surface area contributed by atoms with Gasteiger partial charge in [0.25, 0.3) is 0 Å². The molecular weight excluding hydrogens is 146 g/mol. The molecule has 0 fully saturated rings. The fraction of sp³-hybridized carbons (Fsp3) is 1.00. The van der Waals surface area contributed by atoms with Gasteiger partial charge in [0.2, 0.25) is 0 Å². The van der Waals surface area contributed by atoms with Crippen molar-refractivity contribution in [2.45, 2.75) is 6.29 Å². The second kappa shape index (κ2) is 7.90. The standard InChI is InChI=1S/C6H17N3O2/c7-1-3-9-5-6(10)11-4-2-8/h6,9-10H,1-5,7-8H2. The Morgan fingerprint density at radius 1 is 1.36 bits per heavy atom. The molecule has 0 spiro atoms. The van der Waals surface area contributed by atoms with Gasteiger partial charge in [-0.15, -0.1) is 0 Å². The summed E-state index contributed by atoms with van der Waals surface area (Å²) < 4.78 is 4.86. The molecule has 1 unspecified atom stereocenters. The van der Waals surface area contributed by atoms with Crippen LogP contribution >= 0.6 is 0 Å². The molecule has 0 aliphatic rings. The van der Waals surface area contributed by atoms with Crippen molar-refractivity contribution in [3.63, 3.8) is 0 Å². The van der Waals surface area contributed by atoms with E-state index in [9.17, 15) is 0 Å². The van der Waals surface area contributed by atoms with Gasteiger partial charge in [-0.25, -0.2) is 0 Å². The zero-order valence-corrected chi connectivity index (χ0v) is 6.62.